The Morgan fingerprint density at radius 3 is 2.65 bits per heavy atom. The largest absolute Gasteiger partial charge is 0.490 e. The fourth-order valence-corrected chi connectivity index (χ4v) is 3.23. The Balaban J connectivity index is 2.46. The fraction of sp³-hybridized carbons (Fsp3) is 0.667. The molecule has 2 N–H and O–H groups in total. The van der Waals surface area contributed by atoms with Gasteiger partial charge < -0.3 is 14.9 Å². The van der Waals surface area contributed by atoms with Crippen molar-refractivity contribution in [1.82, 2.24) is 0 Å². The van der Waals surface area contributed by atoms with Crippen molar-refractivity contribution in [2.24, 2.45) is 11.8 Å². The van der Waals surface area contributed by atoms with E-state index >= 15 is 0 Å². The van der Waals surface area contributed by atoms with Crippen LogP contribution in [0.4, 0.5) is 0 Å². The molecule has 5 nitrogen and oxygen atoms in total. The normalized spacial score (nSPS) is 21.8. The summed E-state index contributed by atoms with van der Waals surface area (Å²) in [6, 6.07) is 0. The summed E-state index contributed by atoms with van der Waals surface area (Å²) in [6.45, 7) is 2.12. The minimum atomic E-state index is -0.740. The molecule has 0 aromatic carbocycles. The lowest BCUT2D eigenvalue weighted by Crippen LogP contribution is -2.29. The molecule has 1 aliphatic carbocycles. The highest BCUT2D eigenvalue weighted by molar-refractivity contribution is 5.95. The highest BCUT2D eigenvalue weighted by Gasteiger charge is 2.34. The van der Waals surface area contributed by atoms with Gasteiger partial charge in [-0.05, 0) is 25.3 Å². The molecular formula is C21H32O5. The van der Waals surface area contributed by atoms with E-state index in [0.717, 1.165) is 19.3 Å². The Labute approximate surface area is 156 Å². The molecule has 0 radical (unpaired) electrons. The minimum Gasteiger partial charge on any atom is -0.490 e. The zero-order valence-corrected chi connectivity index (χ0v) is 15.9. The maximum Gasteiger partial charge on any atom is 0.179 e. The molecule has 0 aliphatic heterocycles. The van der Waals surface area contributed by atoms with Crippen molar-refractivity contribution in [3.05, 3.63) is 30.1 Å². The van der Waals surface area contributed by atoms with Crippen molar-refractivity contribution < 1.29 is 24.5 Å². The van der Waals surface area contributed by atoms with Crippen molar-refractivity contribution in [3.63, 3.8) is 0 Å². The lowest BCUT2D eigenvalue weighted by molar-refractivity contribution is -0.121. The second-order valence-corrected chi connectivity index (χ2v) is 6.86. The SMILES string of the molecule is CCCCCC(O)C=CC1C=CC(=O)C1C(O)CCCCC(=C=O)OC. The maximum absolute atomic E-state index is 12.1. The van der Waals surface area contributed by atoms with Crippen molar-refractivity contribution >= 4 is 11.7 Å². The van der Waals surface area contributed by atoms with Gasteiger partial charge in [0.1, 0.15) is 0 Å². The smallest absolute Gasteiger partial charge is 0.179 e. The number of methoxy groups -OCH3 is 1. The zero-order chi connectivity index (χ0) is 19.4. The van der Waals surface area contributed by atoms with Crippen LogP contribution in [-0.4, -0.2) is 41.3 Å². The second kappa shape index (κ2) is 12.6. The summed E-state index contributed by atoms with van der Waals surface area (Å²) < 4.78 is 4.86. The number of carbonyl (C=O) groups excluding carboxylic acids is 2. The van der Waals surface area contributed by atoms with Crippen LogP contribution in [-0.2, 0) is 14.3 Å². The topological polar surface area (TPSA) is 83.8 Å². The molecule has 4 atom stereocenters. The molecule has 0 saturated heterocycles. The molecule has 146 valence electrons. The van der Waals surface area contributed by atoms with Crippen LogP contribution in [0.1, 0.15) is 58.3 Å². The summed E-state index contributed by atoms with van der Waals surface area (Å²) in [5, 5.41) is 20.4. The van der Waals surface area contributed by atoms with Crippen LogP contribution in [0.25, 0.3) is 0 Å². The van der Waals surface area contributed by atoms with Gasteiger partial charge in [0.25, 0.3) is 0 Å². The molecule has 0 bridgehead atoms. The molecule has 0 saturated carbocycles. The average Bonchev–Trinajstić information content (AvgIpc) is 3.01. The van der Waals surface area contributed by atoms with Crippen molar-refractivity contribution in [2.75, 3.05) is 7.11 Å². The van der Waals surface area contributed by atoms with Gasteiger partial charge in [0.05, 0.1) is 25.2 Å². The van der Waals surface area contributed by atoms with Gasteiger partial charge in [-0.3, -0.25) is 4.79 Å². The van der Waals surface area contributed by atoms with Gasteiger partial charge >= 0.3 is 0 Å². The van der Waals surface area contributed by atoms with E-state index in [0.29, 0.717) is 32.1 Å². The molecular weight excluding hydrogens is 332 g/mol. The summed E-state index contributed by atoms with van der Waals surface area (Å²) in [7, 11) is 1.44. The van der Waals surface area contributed by atoms with Crippen molar-refractivity contribution in [2.45, 2.75) is 70.5 Å². The standard InChI is InChI=1S/C21H32O5/c1-3-4-5-8-17(23)13-11-16-12-14-20(25)21(16)19(24)10-7-6-9-18(15-22)26-2/h11-14,16-17,19,21,23-24H,3-10H2,1-2H3. The summed E-state index contributed by atoms with van der Waals surface area (Å²) >= 11 is 0. The number of hydrogen-bond donors (Lipinski definition) is 2. The van der Waals surface area contributed by atoms with E-state index in [1.165, 1.54) is 13.2 Å². The number of rotatable bonds is 13. The van der Waals surface area contributed by atoms with Crippen LogP contribution < -0.4 is 0 Å². The molecule has 4 unspecified atom stereocenters. The van der Waals surface area contributed by atoms with Crippen LogP contribution in [0.2, 0.25) is 0 Å². The van der Waals surface area contributed by atoms with Crippen LogP contribution in [0, 0.1) is 11.8 Å². The lowest BCUT2D eigenvalue weighted by Gasteiger charge is -2.22. The van der Waals surface area contributed by atoms with E-state index in [9.17, 15) is 19.8 Å². The molecule has 0 heterocycles. The third-order valence-corrected chi connectivity index (χ3v) is 4.81. The van der Waals surface area contributed by atoms with Gasteiger partial charge in [-0.1, -0.05) is 50.8 Å². The van der Waals surface area contributed by atoms with Crippen LogP contribution in [0.15, 0.2) is 30.1 Å². The number of allylic oxidation sites excluding steroid dienone is 4. The Kier molecular flexibility index (Phi) is 10.9. The summed E-state index contributed by atoms with van der Waals surface area (Å²) in [4.78, 5) is 22.6. The Morgan fingerprint density at radius 1 is 1.27 bits per heavy atom. The quantitative estimate of drug-likeness (QED) is 0.227. The first-order valence-corrected chi connectivity index (χ1v) is 9.57. The third kappa shape index (κ3) is 7.69. The van der Waals surface area contributed by atoms with E-state index in [4.69, 9.17) is 4.74 Å². The molecule has 1 aliphatic rings. The van der Waals surface area contributed by atoms with E-state index in [2.05, 4.69) is 6.92 Å². The molecule has 0 aromatic rings. The monoisotopic (exact) mass is 364 g/mol. The lowest BCUT2D eigenvalue weighted by atomic mass is 9.86. The number of aliphatic hydroxyl groups is 2. The van der Waals surface area contributed by atoms with Crippen LogP contribution in [0.5, 0.6) is 0 Å². The number of ether oxygens (including phenoxy) is 1. The average molecular weight is 364 g/mol. The zero-order valence-electron chi connectivity index (χ0n) is 15.9. The first-order chi connectivity index (χ1) is 12.5. The first kappa shape index (κ1) is 22.4. The van der Waals surface area contributed by atoms with Crippen molar-refractivity contribution in [3.8, 4) is 0 Å². The first-order valence-electron chi connectivity index (χ1n) is 9.57. The third-order valence-electron chi connectivity index (χ3n) is 4.81. The number of aliphatic hydroxyl groups excluding tert-OH is 2. The molecule has 0 amide bonds. The maximum atomic E-state index is 12.1. The van der Waals surface area contributed by atoms with Crippen LogP contribution >= 0.6 is 0 Å². The number of ketones is 1. The van der Waals surface area contributed by atoms with E-state index in [1.54, 1.807) is 18.1 Å². The molecule has 0 aromatic heterocycles. The van der Waals surface area contributed by atoms with Crippen LogP contribution in [0.3, 0.4) is 0 Å². The van der Waals surface area contributed by atoms with Gasteiger partial charge in [0.2, 0.25) is 0 Å². The predicted molar refractivity (Wildman–Crippen MR) is 101 cm³/mol. The molecule has 5 heteroatoms. The summed E-state index contributed by atoms with van der Waals surface area (Å²) in [5.41, 5.74) is 0. The minimum absolute atomic E-state index is 0.0713. The molecule has 1 rings (SSSR count). The van der Waals surface area contributed by atoms with E-state index in [1.807, 2.05) is 6.08 Å². The van der Waals surface area contributed by atoms with Gasteiger partial charge in [-0.25, -0.2) is 4.79 Å². The number of unbranched alkanes of at least 4 members (excludes halogenated alkanes) is 3. The number of carbonyl (C=O) groups is 1. The highest BCUT2D eigenvalue weighted by atomic mass is 16.5. The van der Waals surface area contributed by atoms with Gasteiger partial charge in [-0.15, -0.1) is 0 Å². The van der Waals surface area contributed by atoms with E-state index in [-0.39, 0.29) is 17.5 Å². The van der Waals surface area contributed by atoms with Gasteiger partial charge in [0.15, 0.2) is 17.5 Å². The van der Waals surface area contributed by atoms with Gasteiger partial charge in [-0.2, -0.15) is 0 Å². The molecule has 0 spiro atoms. The van der Waals surface area contributed by atoms with E-state index < -0.39 is 18.1 Å². The van der Waals surface area contributed by atoms with Crippen molar-refractivity contribution in [1.29, 1.82) is 0 Å². The highest BCUT2D eigenvalue weighted by Crippen LogP contribution is 2.29. The Hall–Kier alpha value is -1.68. The van der Waals surface area contributed by atoms with Gasteiger partial charge in [0, 0.05) is 12.3 Å². The molecule has 26 heavy (non-hydrogen) atoms. The summed E-state index contributed by atoms with van der Waals surface area (Å²) in [6.07, 6.45) is 11.9. The number of hydrogen-bond acceptors (Lipinski definition) is 5. The fourth-order valence-electron chi connectivity index (χ4n) is 3.23. The second-order valence-electron chi connectivity index (χ2n) is 6.86. The molecule has 0 fully saturated rings. The summed E-state index contributed by atoms with van der Waals surface area (Å²) in [5.74, 6) is 1.28. The Bertz CT molecular complexity index is 531. The predicted octanol–water partition coefficient (Wildman–Crippen LogP) is 3.14. The Morgan fingerprint density at radius 2 is 2.00 bits per heavy atom.